The van der Waals surface area contributed by atoms with E-state index in [1.54, 1.807) is 11.3 Å². The molecular weight excluding hydrogens is 278 g/mol. The third kappa shape index (κ3) is 3.18. The number of amides is 1. The molecule has 2 nitrogen and oxygen atoms in total. The largest absolute Gasteiger partial charge is 0.349 e. The van der Waals surface area contributed by atoms with E-state index in [-0.39, 0.29) is 5.91 Å². The van der Waals surface area contributed by atoms with Gasteiger partial charge < -0.3 is 5.32 Å². The SMILES string of the molecule is C[C@H]1[C@H](C)CCC[C@@H]1NC(=O)c1csc2c1CCCCC2. The Kier molecular flexibility index (Phi) is 4.68. The first-order valence-corrected chi connectivity index (χ1v) is 9.45. The maximum Gasteiger partial charge on any atom is 0.252 e. The van der Waals surface area contributed by atoms with Crippen LogP contribution in [0.2, 0.25) is 0 Å². The molecule has 1 saturated carbocycles. The molecule has 1 heterocycles. The monoisotopic (exact) mass is 305 g/mol. The van der Waals surface area contributed by atoms with Crippen molar-refractivity contribution in [3.05, 3.63) is 21.4 Å². The third-order valence-corrected chi connectivity index (χ3v) is 6.67. The number of aryl methyl sites for hydroxylation is 1. The maximum atomic E-state index is 12.7. The zero-order chi connectivity index (χ0) is 14.8. The van der Waals surface area contributed by atoms with Gasteiger partial charge in [-0.3, -0.25) is 4.79 Å². The molecule has 3 atom stereocenters. The molecule has 1 aromatic rings. The van der Waals surface area contributed by atoms with Gasteiger partial charge in [0.25, 0.3) is 5.91 Å². The van der Waals surface area contributed by atoms with Gasteiger partial charge >= 0.3 is 0 Å². The summed E-state index contributed by atoms with van der Waals surface area (Å²) in [5.41, 5.74) is 2.33. The van der Waals surface area contributed by atoms with E-state index in [1.807, 2.05) is 0 Å². The average molecular weight is 305 g/mol. The van der Waals surface area contributed by atoms with E-state index in [9.17, 15) is 4.79 Å². The molecule has 0 unspecified atom stereocenters. The van der Waals surface area contributed by atoms with Crippen LogP contribution in [0.1, 0.15) is 73.2 Å². The number of carbonyl (C=O) groups is 1. The van der Waals surface area contributed by atoms with E-state index in [4.69, 9.17) is 0 Å². The van der Waals surface area contributed by atoms with Crippen molar-refractivity contribution in [2.75, 3.05) is 0 Å². The van der Waals surface area contributed by atoms with Crippen molar-refractivity contribution in [1.82, 2.24) is 5.32 Å². The lowest BCUT2D eigenvalue weighted by atomic mass is 9.78. The lowest BCUT2D eigenvalue weighted by molar-refractivity contribution is 0.0890. The second kappa shape index (κ2) is 6.51. The highest BCUT2D eigenvalue weighted by atomic mass is 32.1. The highest BCUT2D eigenvalue weighted by Crippen LogP contribution is 2.32. The van der Waals surface area contributed by atoms with Gasteiger partial charge in [-0.05, 0) is 49.5 Å². The molecule has 1 fully saturated rings. The Morgan fingerprint density at radius 1 is 1.14 bits per heavy atom. The van der Waals surface area contributed by atoms with Crippen LogP contribution in [0.5, 0.6) is 0 Å². The number of carbonyl (C=O) groups excluding carboxylic acids is 1. The van der Waals surface area contributed by atoms with Crippen LogP contribution in [-0.4, -0.2) is 11.9 Å². The zero-order valence-corrected chi connectivity index (χ0v) is 14.1. The molecule has 0 spiro atoms. The van der Waals surface area contributed by atoms with Gasteiger partial charge in [0, 0.05) is 16.3 Å². The Bertz CT molecular complexity index is 507. The summed E-state index contributed by atoms with van der Waals surface area (Å²) in [6.07, 6.45) is 9.79. The summed E-state index contributed by atoms with van der Waals surface area (Å²) in [5.74, 6) is 1.50. The fourth-order valence-electron chi connectivity index (χ4n) is 3.89. The van der Waals surface area contributed by atoms with Crippen LogP contribution in [0.15, 0.2) is 5.38 Å². The fraction of sp³-hybridized carbons (Fsp3) is 0.722. The van der Waals surface area contributed by atoms with E-state index >= 15 is 0 Å². The molecule has 0 radical (unpaired) electrons. The van der Waals surface area contributed by atoms with Crippen LogP contribution in [0.4, 0.5) is 0 Å². The fourth-order valence-corrected chi connectivity index (χ4v) is 5.02. The molecule has 2 aliphatic rings. The quantitative estimate of drug-likeness (QED) is 0.797. The van der Waals surface area contributed by atoms with Crippen LogP contribution >= 0.6 is 11.3 Å². The van der Waals surface area contributed by atoms with Crippen molar-refractivity contribution in [3.8, 4) is 0 Å². The first kappa shape index (κ1) is 15.1. The van der Waals surface area contributed by atoms with Gasteiger partial charge in [0.1, 0.15) is 0 Å². The van der Waals surface area contributed by atoms with E-state index in [1.165, 1.54) is 49.0 Å². The molecule has 0 aromatic carbocycles. The molecule has 1 N–H and O–H groups in total. The molecular formula is C18H27NOS. The van der Waals surface area contributed by atoms with E-state index in [0.29, 0.717) is 12.0 Å². The van der Waals surface area contributed by atoms with Crippen LogP contribution in [0.3, 0.4) is 0 Å². The van der Waals surface area contributed by atoms with Crippen molar-refractivity contribution in [3.63, 3.8) is 0 Å². The highest BCUT2D eigenvalue weighted by Gasteiger charge is 2.29. The smallest absolute Gasteiger partial charge is 0.252 e. The summed E-state index contributed by atoms with van der Waals surface area (Å²) in [4.78, 5) is 14.2. The van der Waals surface area contributed by atoms with Crippen molar-refractivity contribution < 1.29 is 4.79 Å². The minimum atomic E-state index is 0.181. The van der Waals surface area contributed by atoms with Gasteiger partial charge in [-0.1, -0.05) is 33.1 Å². The predicted octanol–water partition coefficient (Wildman–Crippen LogP) is 4.57. The van der Waals surface area contributed by atoms with Gasteiger partial charge in [-0.15, -0.1) is 11.3 Å². The van der Waals surface area contributed by atoms with E-state index in [2.05, 4.69) is 24.5 Å². The molecule has 1 amide bonds. The van der Waals surface area contributed by atoms with Crippen LogP contribution in [-0.2, 0) is 12.8 Å². The summed E-state index contributed by atoms with van der Waals surface area (Å²) >= 11 is 1.80. The second-order valence-electron chi connectivity index (χ2n) is 6.96. The van der Waals surface area contributed by atoms with Crippen molar-refractivity contribution in [1.29, 1.82) is 0 Å². The molecule has 3 rings (SSSR count). The van der Waals surface area contributed by atoms with Gasteiger partial charge in [-0.25, -0.2) is 0 Å². The van der Waals surface area contributed by atoms with Gasteiger partial charge in [0.2, 0.25) is 0 Å². The van der Waals surface area contributed by atoms with E-state index < -0.39 is 0 Å². The minimum absolute atomic E-state index is 0.181. The Balaban J connectivity index is 1.72. The normalized spacial score (nSPS) is 29.5. The van der Waals surface area contributed by atoms with Gasteiger partial charge in [-0.2, -0.15) is 0 Å². The summed E-state index contributed by atoms with van der Waals surface area (Å²) < 4.78 is 0. The first-order chi connectivity index (χ1) is 10.2. The Morgan fingerprint density at radius 2 is 1.95 bits per heavy atom. The molecule has 2 aliphatic carbocycles. The van der Waals surface area contributed by atoms with Crippen LogP contribution in [0, 0.1) is 11.8 Å². The van der Waals surface area contributed by atoms with Gasteiger partial charge in [0.05, 0.1) is 5.56 Å². The van der Waals surface area contributed by atoms with Crippen LogP contribution < -0.4 is 5.32 Å². The molecule has 21 heavy (non-hydrogen) atoms. The molecule has 0 bridgehead atoms. The highest BCUT2D eigenvalue weighted by molar-refractivity contribution is 7.10. The lowest BCUT2D eigenvalue weighted by Crippen LogP contribution is -2.43. The molecule has 116 valence electrons. The van der Waals surface area contributed by atoms with E-state index in [0.717, 1.165) is 24.3 Å². The summed E-state index contributed by atoms with van der Waals surface area (Å²) in [5, 5.41) is 5.44. The molecule has 0 aliphatic heterocycles. The number of hydrogen-bond donors (Lipinski definition) is 1. The number of fused-ring (bicyclic) bond motifs is 1. The van der Waals surface area contributed by atoms with Crippen molar-refractivity contribution >= 4 is 17.2 Å². The standard InChI is InChI=1S/C18H27NOS/c1-12-7-6-9-16(13(12)2)19-18(20)15-11-21-17-10-5-3-4-8-14(15)17/h11-13,16H,3-10H2,1-2H3,(H,19,20)/t12-,13+,16+/m1/s1. The molecule has 3 heteroatoms. The Hall–Kier alpha value is -0.830. The second-order valence-corrected chi connectivity index (χ2v) is 7.92. The van der Waals surface area contributed by atoms with Crippen molar-refractivity contribution in [2.24, 2.45) is 11.8 Å². The first-order valence-electron chi connectivity index (χ1n) is 8.57. The molecule has 0 saturated heterocycles. The summed E-state index contributed by atoms with van der Waals surface area (Å²) in [7, 11) is 0. The Labute approximate surface area is 132 Å². The molecule has 1 aromatic heterocycles. The number of nitrogens with one attached hydrogen (secondary N) is 1. The minimum Gasteiger partial charge on any atom is -0.349 e. The topological polar surface area (TPSA) is 29.1 Å². The number of rotatable bonds is 2. The van der Waals surface area contributed by atoms with Crippen LogP contribution in [0.25, 0.3) is 0 Å². The average Bonchev–Trinajstić information content (AvgIpc) is 2.73. The summed E-state index contributed by atoms with van der Waals surface area (Å²) in [6.45, 7) is 4.61. The number of hydrogen-bond acceptors (Lipinski definition) is 2. The number of thiophene rings is 1. The third-order valence-electron chi connectivity index (χ3n) is 5.58. The Morgan fingerprint density at radius 3 is 2.81 bits per heavy atom. The lowest BCUT2D eigenvalue weighted by Gasteiger charge is -2.34. The predicted molar refractivity (Wildman–Crippen MR) is 89.0 cm³/mol. The maximum absolute atomic E-state index is 12.7. The zero-order valence-electron chi connectivity index (χ0n) is 13.3. The van der Waals surface area contributed by atoms with Crippen molar-refractivity contribution in [2.45, 2.75) is 71.3 Å². The van der Waals surface area contributed by atoms with Gasteiger partial charge in [0.15, 0.2) is 0 Å². The summed E-state index contributed by atoms with van der Waals surface area (Å²) in [6, 6.07) is 0.363.